The number of anilines is 1. The number of nitrogens with one attached hydrogen (secondary N) is 3. The number of esters is 1. The molecule has 2 aromatic carbocycles. The maximum atomic E-state index is 12.2. The van der Waals surface area contributed by atoms with Crippen LogP contribution in [0.5, 0.6) is 11.5 Å². The molecule has 0 unspecified atom stereocenters. The smallest absolute Gasteiger partial charge is 0.342 e. The van der Waals surface area contributed by atoms with Gasteiger partial charge in [-0.3, -0.25) is 4.79 Å². The van der Waals surface area contributed by atoms with Gasteiger partial charge in [-0.05, 0) is 30.3 Å². The van der Waals surface area contributed by atoms with Crippen molar-refractivity contribution in [2.24, 2.45) is 0 Å². The van der Waals surface area contributed by atoms with Crippen molar-refractivity contribution in [2.45, 2.75) is 0 Å². The first-order valence-corrected chi connectivity index (χ1v) is 7.91. The number of benzene rings is 2. The summed E-state index contributed by atoms with van der Waals surface area (Å²) in [5, 5.41) is 2.59. The monoisotopic (exact) mass is 371 g/mol. The van der Waals surface area contributed by atoms with Crippen LogP contribution in [0, 0.1) is 0 Å². The molecular formula is C18H17N3O6. The van der Waals surface area contributed by atoms with Crippen LogP contribution in [0.2, 0.25) is 0 Å². The number of imidazole rings is 1. The van der Waals surface area contributed by atoms with Crippen LogP contribution in [0.1, 0.15) is 10.4 Å². The van der Waals surface area contributed by atoms with Crippen LogP contribution in [0.4, 0.5) is 5.69 Å². The molecule has 3 aromatic rings. The van der Waals surface area contributed by atoms with Crippen LogP contribution >= 0.6 is 0 Å². The summed E-state index contributed by atoms with van der Waals surface area (Å²) in [7, 11) is 2.91. The van der Waals surface area contributed by atoms with Gasteiger partial charge in [0, 0.05) is 11.8 Å². The molecule has 1 amide bonds. The normalized spacial score (nSPS) is 10.4. The van der Waals surface area contributed by atoms with E-state index in [9.17, 15) is 14.4 Å². The van der Waals surface area contributed by atoms with Gasteiger partial charge in [0.15, 0.2) is 6.61 Å². The van der Waals surface area contributed by atoms with Crippen molar-refractivity contribution in [3.05, 3.63) is 52.4 Å². The average Bonchev–Trinajstić information content (AvgIpc) is 3.04. The first-order chi connectivity index (χ1) is 13.0. The Morgan fingerprint density at radius 2 is 1.78 bits per heavy atom. The van der Waals surface area contributed by atoms with E-state index in [1.54, 1.807) is 30.3 Å². The van der Waals surface area contributed by atoms with Gasteiger partial charge in [-0.25, -0.2) is 9.59 Å². The molecule has 9 heteroatoms. The highest BCUT2D eigenvalue weighted by atomic mass is 16.5. The summed E-state index contributed by atoms with van der Waals surface area (Å²) in [5.74, 6) is -0.413. The second-order valence-corrected chi connectivity index (χ2v) is 5.53. The van der Waals surface area contributed by atoms with Crippen LogP contribution in [0.3, 0.4) is 0 Å². The summed E-state index contributed by atoms with van der Waals surface area (Å²) in [5.41, 5.74) is 1.47. The van der Waals surface area contributed by atoms with E-state index in [0.717, 1.165) is 0 Å². The second kappa shape index (κ2) is 7.65. The zero-order chi connectivity index (χ0) is 19.4. The Morgan fingerprint density at radius 1 is 1.00 bits per heavy atom. The molecule has 0 fully saturated rings. The summed E-state index contributed by atoms with van der Waals surface area (Å²) >= 11 is 0. The molecule has 0 bridgehead atoms. The molecule has 0 saturated heterocycles. The maximum Gasteiger partial charge on any atom is 0.342 e. The van der Waals surface area contributed by atoms with Gasteiger partial charge in [0.1, 0.15) is 17.1 Å². The lowest BCUT2D eigenvalue weighted by atomic mass is 10.2. The predicted octanol–water partition coefficient (Wildman–Crippen LogP) is 1.67. The van der Waals surface area contributed by atoms with E-state index >= 15 is 0 Å². The lowest BCUT2D eigenvalue weighted by Gasteiger charge is -2.10. The molecule has 0 aliphatic carbocycles. The van der Waals surface area contributed by atoms with E-state index < -0.39 is 18.5 Å². The topological polar surface area (TPSA) is 123 Å². The van der Waals surface area contributed by atoms with Crippen LogP contribution in [0.15, 0.2) is 41.2 Å². The summed E-state index contributed by atoms with van der Waals surface area (Å²) in [6, 6.07) is 9.50. The van der Waals surface area contributed by atoms with Gasteiger partial charge in [0.05, 0.1) is 25.3 Å². The van der Waals surface area contributed by atoms with Crippen LogP contribution < -0.4 is 20.5 Å². The molecule has 3 N–H and O–H groups in total. The van der Waals surface area contributed by atoms with Crippen molar-refractivity contribution in [3.63, 3.8) is 0 Å². The fourth-order valence-electron chi connectivity index (χ4n) is 2.48. The number of hydrogen-bond donors (Lipinski definition) is 3. The third-order valence-corrected chi connectivity index (χ3v) is 3.76. The zero-order valence-corrected chi connectivity index (χ0v) is 14.6. The zero-order valence-electron chi connectivity index (χ0n) is 14.6. The molecule has 0 aliphatic heterocycles. The number of methoxy groups -OCH3 is 2. The molecule has 0 atom stereocenters. The number of carbonyl (C=O) groups is 2. The van der Waals surface area contributed by atoms with Crippen molar-refractivity contribution < 1.29 is 23.8 Å². The fraction of sp³-hybridized carbons (Fsp3) is 0.167. The van der Waals surface area contributed by atoms with E-state index in [4.69, 9.17) is 14.2 Å². The van der Waals surface area contributed by atoms with Gasteiger partial charge in [-0.2, -0.15) is 0 Å². The standard InChI is InChI=1S/C18H17N3O6/c1-25-11-4-5-12(15(8-11)26-2)17(23)27-9-16(22)19-10-3-6-13-14(7-10)21-18(24)20-13/h3-8H,9H2,1-2H3,(H,19,22)(H2,20,21,24). The molecule has 9 nitrogen and oxygen atoms in total. The molecule has 0 spiro atoms. The van der Waals surface area contributed by atoms with E-state index in [-0.39, 0.29) is 17.0 Å². The van der Waals surface area contributed by atoms with Crippen molar-refractivity contribution in [3.8, 4) is 11.5 Å². The highest BCUT2D eigenvalue weighted by molar-refractivity contribution is 5.97. The van der Waals surface area contributed by atoms with Gasteiger partial charge in [-0.1, -0.05) is 0 Å². The molecule has 1 aromatic heterocycles. The van der Waals surface area contributed by atoms with Crippen molar-refractivity contribution in [1.82, 2.24) is 9.97 Å². The third kappa shape index (κ3) is 4.09. The van der Waals surface area contributed by atoms with Crippen LogP contribution in [-0.4, -0.2) is 42.7 Å². The van der Waals surface area contributed by atoms with E-state index in [1.165, 1.54) is 20.3 Å². The van der Waals surface area contributed by atoms with E-state index in [0.29, 0.717) is 22.5 Å². The number of hydrogen-bond acceptors (Lipinski definition) is 6. The quantitative estimate of drug-likeness (QED) is 0.567. The largest absolute Gasteiger partial charge is 0.497 e. The van der Waals surface area contributed by atoms with Crippen LogP contribution in [-0.2, 0) is 9.53 Å². The molecule has 140 valence electrons. The number of rotatable bonds is 6. The van der Waals surface area contributed by atoms with Crippen LogP contribution in [0.25, 0.3) is 11.0 Å². The second-order valence-electron chi connectivity index (χ2n) is 5.53. The lowest BCUT2D eigenvalue weighted by molar-refractivity contribution is -0.119. The molecule has 1 heterocycles. The Balaban J connectivity index is 1.62. The minimum absolute atomic E-state index is 0.178. The van der Waals surface area contributed by atoms with E-state index in [1.807, 2.05) is 0 Å². The van der Waals surface area contributed by atoms with Crippen molar-refractivity contribution >= 4 is 28.6 Å². The van der Waals surface area contributed by atoms with Gasteiger partial charge in [-0.15, -0.1) is 0 Å². The number of amides is 1. The first-order valence-electron chi connectivity index (χ1n) is 7.91. The van der Waals surface area contributed by atoms with Gasteiger partial charge >= 0.3 is 11.7 Å². The van der Waals surface area contributed by atoms with Gasteiger partial charge in [0.2, 0.25) is 0 Å². The fourth-order valence-corrected chi connectivity index (χ4v) is 2.48. The first kappa shape index (κ1) is 18.1. The number of aromatic nitrogens is 2. The number of carbonyl (C=O) groups excluding carboxylic acids is 2. The molecule has 0 radical (unpaired) electrons. The SMILES string of the molecule is COc1ccc(C(=O)OCC(=O)Nc2ccc3[nH]c(=O)[nH]c3c2)c(OC)c1. The molecule has 0 saturated carbocycles. The van der Waals surface area contributed by atoms with Crippen molar-refractivity contribution in [1.29, 1.82) is 0 Å². The summed E-state index contributed by atoms with van der Waals surface area (Å²) < 4.78 is 15.2. The molecule has 3 rings (SSSR count). The summed E-state index contributed by atoms with van der Waals surface area (Å²) in [6.07, 6.45) is 0. The maximum absolute atomic E-state index is 12.2. The third-order valence-electron chi connectivity index (χ3n) is 3.76. The summed E-state index contributed by atoms with van der Waals surface area (Å²) in [4.78, 5) is 40.7. The highest BCUT2D eigenvalue weighted by Crippen LogP contribution is 2.25. The minimum atomic E-state index is -0.699. The number of ether oxygens (including phenoxy) is 3. The Bertz CT molecular complexity index is 1050. The Labute approximate surface area is 153 Å². The Kier molecular flexibility index (Phi) is 5.11. The average molecular weight is 371 g/mol. The Hall–Kier alpha value is -3.75. The predicted molar refractivity (Wildman–Crippen MR) is 97.4 cm³/mol. The lowest BCUT2D eigenvalue weighted by Crippen LogP contribution is -2.21. The van der Waals surface area contributed by atoms with Gasteiger partial charge < -0.3 is 29.5 Å². The van der Waals surface area contributed by atoms with Gasteiger partial charge in [0.25, 0.3) is 5.91 Å². The minimum Gasteiger partial charge on any atom is -0.497 e. The highest BCUT2D eigenvalue weighted by Gasteiger charge is 2.16. The van der Waals surface area contributed by atoms with E-state index in [2.05, 4.69) is 15.3 Å². The molecular weight excluding hydrogens is 354 g/mol. The number of aromatic amines is 2. The number of H-pyrrole nitrogens is 2. The molecule has 27 heavy (non-hydrogen) atoms. The molecule has 0 aliphatic rings. The summed E-state index contributed by atoms with van der Waals surface area (Å²) in [6.45, 7) is -0.476. The van der Waals surface area contributed by atoms with Crippen molar-refractivity contribution in [2.75, 3.05) is 26.1 Å². The number of fused-ring (bicyclic) bond motifs is 1. The Morgan fingerprint density at radius 3 is 2.52 bits per heavy atom.